The van der Waals surface area contributed by atoms with Gasteiger partial charge in [-0.15, -0.1) is 23.1 Å². The molecule has 0 radical (unpaired) electrons. The lowest BCUT2D eigenvalue weighted by molar-refractivity contribution is -0.118. The van der Waals surface area contributed by atoms with E-state index in [1.54, 1.807) is 11.3 Å². The van der Waals surface area contributed by atoms with Crippen molar-refractivity contribution < 1.29 is 9.59 Å². The average Bonchev–Trinajstić information content (AvgIpc) is 3.01. The molecule has 23 heavy (non-hydrogen) atoms. The van der Waals surface area contributed by atoms with Gasteiger partial charge in [-0.2, -0.15) is 0 Å². The molecule has 0 saturated carbocycles. The van der Waals surface area contributed by atoms with Crippen molar-refractivity contribution in [3.05, 3.63) is 51.7 Å². The normalized spacial score (nSPS) is 10.3. The molecule has 1 aromatic carbocycles. The summed E-state index contributed by atoms with van der Waals surface area (Å²) in [6, 6.07) is 9.84. The molecule has 0 fully saturated rings. The molecule has 0 aliphatic rings. The van der Waals surface area contributed by atoms with Crippen LogP contribution >= 0.6 is 23.1 Å². The van der Waals surface area contributed by atoms with Crippen LogP contribution in [0, 0.1) is 13.8 Å². The van der Waals surface area contributed by atoms with Crippen LogP contribution in [0.15, 0.2) is 35.7 Å². The quantitative estimate of drug-likeness (QED) is 0.807. The van der Waals surface area contributed by atoms with Gasteiger partial charge in [-0.3, -0.25) is 9.59 Å². The number of hydrogen-bond acceptors (Lipinski definition) is 4. The molecule has 0 spiro atoms. The Bertz CT molecular complexity index is 669. The van der Waals surface area contributed by atoms with Crippen LogP contribution in [-0.4, -0.2) is 23.3 Å². The number of aryl methyl sites for hydroxylation is 2. The summed E-state index contributed by atoms with van der Waals surface area (Å²) in [7, 11) is 0. The summed E-state index contributed by atoms with van der Waals surface area (Å²) in [5.41, 5.74) is 3.03. The van der Waals surface area contributed by atoms with E-state index in [-0.39, 0.29) is 23.3 Å². The molecule has 0 atom stereocenters. The predicted molar refractivity (Wildman–Crippen MR) is 98.0 cm³/mol. The smallest absolute Gasteiger partial charge is 0.234 e. The number of anilines is 1. The first-order valence-corrected chi connectivity index (χ1v) is 9.32. The van der Waals surface area contributed by atoms with Gasteiger partial charge in [-0.1, -0.05) is 23.8 Å². The van der Waals surface area contributed by atoms with Crippen molar-refractivity contribution in [2.24, 2.45) is 0 Å². The van der Waals surface area contributed by atoms with Gasteiger partial charge in [0.25, 0.3) is 0 Å². The lowest BCUT2D eigenvalue weighted by atomic mass is 10.1. The van der Waals surface area contributed by atoms with Crippen LogP contribution in [0.3, 0.4) is 0 Å². The van der Waals surface area contributed by atoms with Crippen LogP contribution in [0.2, 0.25) is 0 Å². The summed E-state index contributed by atoms with van der Waals surface area (Å²) in [6.45, 7) is 4.53. The SMILES string of the molecule is Cc1ccc(NC(=O)CSCC(=O)NCc2cccs2)c(C)c1. The summed E-state index contributed by atoms with van der Waals surface area (Å²) in [5.74, 6) is 0.404. The topological polar surface area (TPSA) is 58.2 Å². The molecule has 2 amide bonds. The first-order chi connectivity index (χ1) is 11.0. The molecule has 0 aliphatic heterocycles. The summed E-state index contributed by atoms with van der Waals surface area (Å²) in [6.07, 6.45) is 0. The van der Waals surface area contributed by atoms with Gasteiger partial charge in [0, 0.05) is 10.6 Å². The minimum atomic E-state index is -0.0898. The Balaban J connectivity index is 1.67. The highest BCUT2D eigenvalue weighted by Crippen LogP contribution is 2.16. The Kier molecular flexibility index (Phi) is 6.67. The second-order valence-electron chi connectivity index (χ2n) is 5.22. The largest absolute Gasteiger partial charge is 0.350 e. The molecular formula is C17H20N2O2S2. The van der Waals surface area contributed by atoms with E-state index < -0.39 is 0 Å². The summed E-state index contributed by atoms with van der Waals surface area (Å²) in [5, 5.41) is 7.70. The van der Waals surface area contributed by atoms with Crippen LogP contribution in [0.4, 0.5) is 5.69 Å². The van der Waals surface area contributed by atoms with Crippen LogP contribution in [0.5, 0.6) is 0 Å². The minimum Gasteiger partial charge on any atom is -0.350 e. The molecule has 4 nitrogen and oxygen atoms in total. The zero-order valence-corrected chi connectivity index (χ0v) is 14.9. The number of benzene rings is 1. The Morgan fingerprint density at radius 3 is 2.61 bits per heavy atom. The fraction of sp³-hybridized carbons (Fsp3) is 0.294. The number of amides is 2. The van der Waals surface area contributed by atoms with Gasteiger partial charge in [-0.05, 0) is 36.9 Å². The standard InChI is InChI=1S/C17H20N2O2S2/c1-12-5-6-15(13(2)8-12)19-17(21)11-22-10-16(20)18-9-14-4-3-7-23-14/h3-8H,9-11H2,1-2H3,(H,18,20)(H,19,21). The van der Waals surface area contributed by atoms with Gasteiger partial charge in [0.1, 0.15) is 0 Å². The number of thioether (sulfide) groups is 1. The van der Waals surface area contributed by atoms with Gasteiger partial charge in [0.05, 0.1) is 18.1 Å². The van der Waals surface area contributed by atoms with E-state index in [9.17, 15) is 9.59 Å². The molecule has 6 heteroatoms. The van der Waals surface area contributed by atoms with Crippen molar-refractivity contribution in [2.75, 3.05) is 16.8 Å². The molecular weight excluding hydrogens is 328 g/mol. The van der Waals surface area contributed by atoms with Crippen molar-refractivity contribution in [2.45, 2.75) is 20.4 Å². The monoisotopic (exact) mass is 348 g/mol. The molecule has 0 bridgehead atoms. The van der Waals surface area contributed by atoms with E-state index in [0.717, 1.165) is 21.7 Å². The van der Waals surface area contributed by atoms with E-state index in [1.807, 2.05) is 49.6 Å². The zero-order chi connectivity index (χ0) is 16.7. The minimum absolute atomic E-state index is 0.0530. The fourth-order valence-electron chi connectivity index (χ4n) is 2.03. The van der Waals surface area contributed by atoms with Crippen molar-refractivity contribution in [3.8, 4) is 0 Å². The third kappa shape index (κ3) is 6.08. The van der Waals surface area contributed by atoms with Crippen LogP contribution in [-0.2, 0) is 16.1 Å². The van der Waals surface area contributed by atoms with Crippen molar-refractivity contribution in [3.63, 3.8) is 0 Å². The maximum Gasteiger partial charge on any atom is 0.234 e. The Hall–Kier alpha value is -1.79. The van der Waals surface area contributed by atoms with Gasteiger partial charge < -0.3 is 10.6 Å². The molecule has 0 saturated heterocycles. The predicted octanol–water partition coefficient (Wildman–Crippen LogP) is 3.35. The lowest BCUT2D eigenvalue weighted by Crippen LogP contribution is -2.25. The van der Waals surface area contributed by atoms with Crippen LogP contribution < -0.4 is 10.6 Å². The van der Waals surface area contributed by atoms with Crippen molar-refractivity contribution in [1.82, 2.24) is 5.32 Å². The van der Waals surface area contributed by atoms with E-state index >= 15 is 0 Å². The second-order valence-corrected chi connectivity index (χ2v) is 7.23. The molecule has 2 aromatic rings. The molecule has 2 rings (SSSR count). The van der Waals surface area contributed by atoms with Gasteiger partial charge in [0.15, 0.2) is 0 Å². The van der Waals surface area contributed by atoms with Gasteiger partial charge in [-0.25, -0.2) is 0 Å². The highest BCUT2D eigenvalue weighted by molar-refractivity contribution is 8.00. The van der Waals surface area contributed by atoms with Crippen molar-refractivity contribution >= 4 is 40.6 Å². The number of carbonyl (C=O) groups excluding carboxylic acids is 2. The maximum absolute atomic E-state index is 11.9. The molecule has 0 aliphatic carbocycles. The Labute approximate surface area is 144 Å². The number of hydrogen-bond donors (Lipinski definition) is 2. The number of nitrogens with one attached hydrogen (secondary N) is 2. The zero-order valence-electron chi connectivity index (χ0n) is 13.2. The fourth-order valence-corrected chi connectivity index (χ4v) is 3.32. The van der Waals surface area contributed by atoms with E-state index in [1.165, 1.54) is 11.8 Å². The van der Waals surface area contributed by atoms with E-state index in [4.69, 9.17) is 0 Å². The summed E-state index contributed by atoms with van der Waals surface area (Å²) in [4.78, 5) is 24.7. The first kappa shape index (κ1) is 17.6. The third-order valence-corrected chi connectivity index (χ3v) is 4.97. The van der Waals surface area contributed by atoms with E-state index in [0.29, 0.717) is 6.54 Å². The molecule has 2 N–H and O–H groups in total. The number of thiophene rings is 1. The highest BCUT2D eigenvalue weighted by Gasteiger charge is 2.07. The highest BCUT2D eigenvalue weighted by atomic mass is 32.2. The second kappa shape index (κ2) is 8.74. The summed E-state index contributed by atoms with van der Waals surface area (Å²) < 4.78 is 0. The molecule has 0 unspecified atom stereocenters. The maximum atomic E-state index is 11.9. The van der Waals surface area contributed by atoms with E-state index in [2.05, 4.69) is 10.6 Å². The third-order valence-electron chi connectivity index (χ3n) is 3.16. The average molecular weight is 348 g/mol. The molecule has 1 aromatic heterocycles. The van der Waals surface area contributed by atoms with Gasteiger partial charge >= 0.3 is 0 Å². The molecule has 122 valence electrons. The van der Waals surface area contributed by atoms with Crippen LogP contribution in [0.1, 0.15) is 16.0 Å². The van der Waals surface area contributed by atoms with Gasteiger partial charge in [0.2, 0.25) is 11.8 Å². The van der Waals surface area contributed by atoms with Crippen molar-refractivity contribution in [1.29, 1.82) is 0 Å². The molecule has 1 heterocycles. The first-order valence-electron chi connectivity index (χ1n) is 7.28. The number of carbonyl (C=O) groups is 2. The summed E-state index contributed by atoms with van der Waals surface area (Å²) >= 11 is 2.93. The Morgan fingerprint density at radius 2 is 1.91 bits per heavy atom. The number of rotatable bonds is 7. The van der Waals surface area contributed by atoms with Crippen LogP contribution in [0.25, 0.3) is 0 Å². The Morgan fingerprint density at radius 1 is 1.13 bits per heavy atom. The lowest BCUT2D eigenvalue weighted by Gasteiger charge is -2.09.